The summed E-state index contributed by atoms with van der Waals surface area (Å²) in [5, 5.41) is 9.27. The van der Waals surface area contributed by atoms with Crippen LogP contribution in [0.2, 0.25) is 0 Å². The predicted molar refractivity (Wildman–Crippen MR) is 205 cm³/mol. The fraction of sp³-hybridized carbons (Fsp3) is 0. The van der Waals surface area contributed by atoms with E-state index in [0.717, 1.165) is 49.8 Å². The molecule has 0 saturated carbocycles. The highest BCUT2D eigenvalue weighted by Crippen LogP contribution is 2.48. The average molecular weight is 644 g/mol. The lowest BCUT2D eigenvalue weighted by atomic mass is 10.00. The van der Waals surface area contributed by atoms with Gasteiger partial charge in [-0.25, -0.2) is 4.98 Å². The molecule has 0 spiro atoms. The highest BCUT2D eigenvalue weighted by atomic mass is 32.1. The molecule has 4 aromatic heterocycles. The van der Waals surface area contributed by atoms with Crippen molar-refractivity contribution in [3.8, 4) is 28.3 Å². The summed E-state index contributed by atoms with van der Waals surface area (Å²) in [6.45, 7) is 0. The van der Waals surface area contributed by atoms with Crippen LogP contribution in [0.4, 0.5) is 0 Å². The maximum Gasteiger partial charge on any atom is 0.238 e. The molecular weight excluding hydrogens is 619 g/mol. The Morgan fingerprint density at radius 1 is 0.490 bits per heavy atom. The number of aromatic nitrogens is 3. The van der Waals surface area contributed by atoms with Gasteiger partial charge < -0.3 is 4.42 Å². The van der Waals surface area contributed by atoms with E-state index < -0.39 is 0 Å². The van der Waals surface area contributed by atoms with Crippen LogP contribution in [0.3, 0.4) is 0 Å². The van der Waals surface area contributed by atoms with Gasteiger partial charge in [-0.2, -0.15) is 4.98 Å². The number of hydrogen-bond acceptors (Lipinski definition) is 4. The highest BCUT2D eigenvalue weighted by molar-refractivity contribution is 7.27. The monoisotopic (exact) mass is 643 g/mol. The second-order valence-corrected chi connectivity index (χ2v) is 13.6. The third kappa shape index (κ3) is 3.79. The summed E-state index contributed by atoms with van der Waals surface area (Å²) in [4.78, 5) is 10.8. The smallest absolute Gasteiger partial charge is 0.238 e. The van der Waals surface area contributed by atoms with Crippen LogP contribution in [0.5, 0.6) is 0 Å². The molecule has 49 heavy (non-hydrogen) atoms. The van der Waals surface area contributed by atoms with Crippen LogP contribution in [0.15, 0.2) is 156 Å². The maximum absolute atomic E-state index is 6.54. The van der Waals surface area contributed by atoms with Crippen LogP contribution in [0.1, 0.15) is 0 Å². The summed E-state index contributed by atoms with van der Waals surface area (Å²) in [5.74, 6) is 0.588. The van der Waals surface area contributed by atoms with E-state index in [-0.39, 0.29) is 0 Å². The van der Waals surface area contributed by atoms with Crippen LogP contribution < -0.4 is 0 Å². The molecule has 0 radical (unpaired) electrons. The van der Waals surface area contributed by atoms with Crippen molar-refractivity contribution in [3.05, 3.63) is 152 Å². The van der Waals surface area contributed by atoms with Gasteiger partial charge in [0.05, 0.1) is 22.1 Å². The lowest BCUT2D eigenvalue weighted by Gasteiger charge is -2.12. The third-order valence-corrected chi connectivity index (χ3v) is 11.0. The van der Waals surface area contributed by atoms with Crippen LogP contribution in [-0.2, 0) is 0 Å². The Balaban J connectivity index is 1.32. The number of fused-ring (bicyclic) bond motifs is 13. The Bertz CT molecular complexity index is 3110. The number of furan rings is 1. The van der Waals surface area contributed by atoms with Gasteiger partial charge in [-0.1, -0.05) is 127 Å². The summed E-state index contributed by atoms with van der Waals surface area (Å²) in [6, 6.07) is 53.5. The molecule has 0 saturated heterocycles. The summed E-state index contributed by atoms with van der Waals surface area (Å²) in [6.07, 6.45) is 0. The van der Waals surface area contributed by atoms with Crippen molar-refractivity contribution >= 4 is 86.2 Å². The number of nitrogens with zero attached hydrogens (tertiary/aromatic N) is 3. The van der Waals surface area contributed by atoms with Crippen LogP contribution in [-0.4, -0.2) is 14.5 Å². The molecular formula is C44H25N3OS. The standard InChI is InChI=1S/C44H25N3OS/c1-2-13-26(14-3-1)27-15-12-16-28(25-27)40-38-32-20-7-10-23-35(32)48-43(38)46-44(45-40)47-34-22-9-6-19-31(34)37-29-17-4-5-18-30(29)42-39(41(37)47)33-21-8-11-24-36(33)49-42/h1-25H. The molecule has 0 aliphatic rings. The van der Waals surface area contributed by atoms with E-state index in [1.165, 1.54) is 41.7 Å². The minimum absolute atomic E-state index is 0.574. The van der Waals surface area contributed by atoms with Gasteiger partial charge in [0.1, 0.15) is 5.58 Å². The van der Waals surface area contributed by atoms with Crippen molar-refractivity contribution in [1.82, 2.24) is 14.5 Å². The Labute approximate surface area is 284 Å². The van der Waals surface area contributed by atoms with Gasteiger partial charge in [0.25, 0.3) is 0 Å². The van der Waals surface area contributed by atoms with Gasteiger partial charge >= 0.3 is 0 Å². The van der Waals surface area contributed by atoms with Crippen molar-refractivity contribution in [2.75, 3.05) is 0 Å². The molecule has 4 heterocycles. The Hall–Kier alpha value is -6.30. The van der Waals surface area contributed by atoms with E-state index in [4.69, 9.17) is 14.4 Å². The Morgan fingerprint density at radius 2 is 1.16 bits per heavy atom. The number of para-hydroxylation sites is 2. The highest BCUT2D eigenvalue weighted by Gasteiger charge is 2.25. The van der Waals surface area contributed by atoms with Crippen LogP contribution >= 0.6 is 11.3 Å². The van der Waals surface area contributed by atoms with Gasteiger partial charge in [-0.15, -0.1) is 11.3 Å². The zero-order valence-corrected chi connectivity index (χ0v) is 26.9. The Morgan fingerprint density at radius 3 is 2.04 bits per heavy atom. The maximum atomic E-state index is 6.54. The van der Waals surface area contributed by atoms with E-state index in [9.17, 15) is 0 Å². The first-order valence-corrected chi connectivity index (χ1v) is 17.2. The van der Waals surface area contributed by atoms with Crippen molar-refractivity contribution in [1.29, 1.82) is 0 Å². The van der Waals surface area contributed by atoms with Crippen molar-refractivity contribution in [3.63, 3.8) is 0 Å². The van der Waals surface area contributed by atoms with Gasteiger partial charge in [-0.3, -0.25) is 4.57 Å². The first-order chi connectivity index (χ1) is 24.3. The van der Waals surface area contributed by atoms with E-state index in [1.54, 1.807) is 0 Å². The topological polar surface area (TPSA) is 43.9 Å². The normalized spacial score (nSPS) is 12.1. The predicted octanol–water partition coefficient (Wildman–Crippen LogP) is 12.3. The van der Waals surface area contributed by atoms with Gasteiger partial charge in [0, 0.05) is 47.3 Å². The van der Waals surface area contributed by atoms with Crippen molar-refractivity contribution < 1.29 is 4.42 Å². The summed E-state index contributed by atoms with van der Waals surface area (Å²) < 4.78 is 11.4. The number of thiophene rings is 1. The van der Waals surface area contributed by atoms with E-state index in [2.05, 4.69) is 132 Å². The molecule has 0 aliphatic carbocycles. The van der Waals surface area contributed by atoms with Gasteiger partial charge in [0.15, 0.2) is 0 Å². The van der Waals surface area contributed by atoms with E-state index in [0.29, 0.717) is 11.7 Å². The molecule has 0 atom stereocenters. The summed E-state index contributed by atoms with van der Waals surface area (Å²) in [7, 11) is 0. The average Bonchev–Trinajstić information content (AvgIpc) is 3.85. The van der Waals surface area contributed by atoms with Crippen molar-refractivity contribution in [2.45, 2.75) is 0 Å². The quantitative estimate of drug-likeness (QED) is 0.192. The molecule has 0 aliphatic heterocycles. The van der Waals surface area contributed by atoms with Crippen LogP contribution in [0, 0.1) is 0 Å². The lowest BCUT2D eigenvalue weighted by Crippen LogP contribution is -2.03. The third-order valence-electron chi connectivity index (χ3n) is 9.82. The zero-order chi connectivity index (χ0) is 32.1. The molecule has 5 heteroatoms. The number of rotatable bonds is 3. The zero-order valence-electron chi connectivity index (χ0n) is 26.1. The van der Waals surface area contributed by atoms with Crippen molar-refractivity contribution in [2.24, 2.45) is 0 Å². The van der Waals surface area contributed by atoms with Gasteiger partial charge in [0.2, 0.25) is 11.7 Å². The first kappa shape index (κ1) is 26.7. The molecule has 0 unspecified atom stereocenters. The minimum Gasteiger partial charge on any atom is -0.437 e. The fourth-order valence-corrected chi connectivity index (χ4v) is 8.97. The molecule has 4 nitrogen and oxygen atoms in total. The van der Waals surface area contributed by atoms with E-state index in [1.807, 2.05) is 35.6 Å². The summed E-state index contributed by atoms with van der Waals surface area (Å²) >= 11 is 1.85. The fourth-order valence-electron chi connectivity index (χ4n) is 7.72. The molecule has 228 valence electrons. The first-order valence-electron chi connectivity index (χ1n) is 16.4. The second-order valence-electron chi connectivity index (χ2n) is 12.5. The molecule has 0 amide bonds. The molecule has 0 fully saturated rings. The minimum atomic E-state index is 0.574. The summed E-state index contributed by atoms with van der Waals surface area (Å²) in [5.41, 5.74) is 7.70. The number of benzene rings is 7. The number of hydrogen-bond donors (Lipinski definition) is 0. The molecule has 0 bridgehead atoms. The second kappa shape index (κ2) is 10.1. The lowest BCUT2D eigenvalue weighted by molar-refractivity contribution is 0.651. The van der Waals surface area contributed by atoms with Crippen LogP contribution in [0.25, 0.3) is 103 Å². The largest absolute Gasteiger partial charge is 0.437 e. The molecule has 0 N–H and O–H groups in total. The SMILES string of the molecule is c1ccc(-c2cccc(-c3nc(-n4c5ccccc5c5c6ccccc6c6sc7ccccc7c6c54)nc4oc5ccccc5c34)c2)cc1. The molecule has 7 aromatic carbocycles. The van der Waals surface area contributed by atoms with E-state index >= 15 is 0 Å². The Kier molecular flexibility index (Phi) is 5.51. The molecule has 11 rings (SSSR count). The van der Waals surface area contributed by atoms with Gasteiger partial charge in [-0.05, 0) is 40.8 Å². The molecule has 11 aromatic rings.